The lowest BCUT2D eigenvalue weighted by atomic mass is 10.0. The van der Waals surface area contributed by atoms with E-state index in [4.69, 9.17) is 4.74 Å². The number of unbranched alkanes of at least 4 members (excludes halogenated alkanes) is 2. The number of thioether (sulfide) groups is 1. The second-order valence-electron chi connectivity index (χ2n) is 9.56. The molecule has 0 spiro atoms. The van der Waals surface area contributed by atoms with Crippen LogP contribution in [0.3, 0.4) is 0 Å². The van der Waals surface area contributed by atoms with Gasteiger partial charge in [-0.05, 0) is 80.7 Å². The quantitative estimate of drug-likeness (QED) is 0.294. The van der Waals surface area contributed by atoms with E-state index in [-0.39, 0.29) is 30.1 Å². The van der Waals surface area contributed by atoms with Gasteiger partial charge >= 0.3 is 0 Å². The molecule has 0 aromatic heterocycles. The average Bonchev–Trinajstić information content (AvgIpc) is 3.41. The Hall–Kier alpha value is -0.720. The number of aliphatic hydroxyl groups is 1. The summed E-state index contributed by atoms with van der Waals surface area (Å²) in [5, 5.41) is 10.3. The van der Waals surface area contributed by atoms with Crippen molar-refractivity contribution in [3.63, 3.8) is 0 Å². The molecular weight excluding hydrogens is 530 g/mol. The topological polar surface area (TPSA) is 32.7 Å². The smallest absolute Gasteiger partial charge is 0.159 e. The summed E-state index contributed by atoms with van der Waals surface area (Å²) in [5.41, 5.74) is 2.67. The van der Waals surface area contributed by atoms with Crippen molar-refractivity contribution in [3.05, 3.63) is 58.1 Å². The molecule has 2 aliphatic heterocycles. The summed E-state index contributed by atoms with van der Waals surface area (Å²) in [6.45, 7) is 4.63. The number of likely N-dealkylation sites (tertiary alicyclic amines) is 1. The van der Waals surface area contributed by atoms with Crippen LogP contribution in [0.2, 0.25) is 0 Å². The van der Waals surface area contributed by atoms with E-state index >= 15 is 0 Å². The van der Waals surface area contributed by atoms with Gasteiger partial charge in [-0.1, -0.05) is 78.6 Å². The van der Waals surface area contributed by atoms with Crippen LogP contribution in [0.4, 0.5) is 0 Å². The van der Waals surface area contributed by atoms with Gasteiger partial charge in [-0.15, -0.1) is 12.4 Å². The van der Waals surface area contributed by atoms with E-state index in [2.05, 4.69) is 77.1 Å². The molecule has 2 atom stereocenters. The van der Waals surface area contributed by atoms with Crippen LogP contribution >= 0.6 is 40.1 Å². The van der Waals surface area contributed by atoms with Gasteiger partial charge < -0.3 is 9.84 Å². The number of aliphatic hydroxyl groups excluding tert-OH is 1. The molecule has 2 aromatic carbocycles. The molecule has 2 unspecified atom stereocenters. The molecule has 2 aliphatic rings. The second kappa shape index (κ2) is 13.0. The van der Waals surface area contributed by atoms with Gasteiger partial charge in [0.1, 0.15) is 5.75 Å². The highest BCUT2D eigenvalue weighted by atomic mass is 79.9. The first-order valence-corrected chi connectivity index (χ1v) is 14.3. The first-order valence-electron chi connectivity index (χ1n) is 12.7. The van der Waals surface area contributed by atoms with Gasteiger partial charge in [0.15, 0.2) is 4.93 Å². The van der Waals surface area contributed by atoms with Crippen molar-refractivity contribution < 1.29 is 9.84 Å². The molecule has 1 N–H and O–H groups in total. The van der Waals surface area contributed by atoms with E-state index in [0.29, 0.717) is 6.04 Å². The number of hydrogen-bond donors (Lipinski definition) is 1. The molecule has 0 saturated carbocycles. The third kappa shape index (κ3) is 6.34. The summed E-state index contributed by atoms with van der Waals surface area (Å²) in [6, 6.07) is 15.9. The van der Waals surface area contributed by atoms with E-state index in [9.17, 15) is 5.11 Å². The minimum absolute atomic E-state index is 0. The molecule has 0 aliphatic carbocycles. The molecule has 188 valence electrons. The van der Waals surface area contributed by atoms with Crippen molar-refractivity contribution in [3.8, 4) is 5.75 Å². The van der Waals surface area contributed by atoms with E-state index < -0.39 is 0 Å². The Morgan fingerprint density at radius 2 is 1.82 bits per heavy atom. The summed E-state index contributed by atoms with van der Waals surface area (Å²) in [6.07, 6.45) is 11.4. The third-order valence-electron chi connectivity index (χ3n) is 7.28. The highest BCUT2D eigenvalue weighted by Crippen LogP contribution is 2.53. The maximum absolute atomic E-state index is 10.3. The van der Waals surface area contributed by atoms with Crippen molar-refractivity contribution >= 4 is 40.1 Å². The van der Waals surface area contributed by atoms with Gasteiger partial charge in [0.25, 0.3) is 0 Å². The van der Waals surface area contributed by atoms with Crippen LogP contribution in [-0.4, -0.2) is 27.7 Å². The highest BCUT2D eigenvalue weighted by Gasteiger charge is 2.40. The van der Waals surface area contributed by atoms with E-state index in [1.165, 1.54) is 46.2 Å². The van der Waals surface area contributed by atoms with Crippen molar-refractivity contribution in [2.24, 2.45) is 0 Å². The number of ether oxygens (including phenoxy) is 1. The van der Waals surface area contributed by atoms with Crippen LogP contribution in [0.15, 0.2) is 51.8 Å². The van der Waals surface area contributed by atoms with Gasteiger partial charge in [0.2, 0.25) is 0 Å². The minimum atomic E-state index is -0.0923. The number of halogens is 2. The summed E-state index contributed by atoms with van der Waals surface area (Å²) < 4.78 is 7.77. The van der Waals surface area contributed by atoms with Crippen LogP contribution in [0, 0.1) is 0 Å². The molecule has 34 heavy (non-hydrogen) atoms. The SMILES string of the molecule is CCCCC1(CCCC)Oc2ccc(C3CCC(CCc4ccccc4Br)N3CO)cc2S1.Cl. The Labute approximate surface area is 224 Å². The largest absolute Gasteiger partial charge is 0.475 e. The molecule has 0 bridgehead atoms. The van der Waals surface area contributed by atoms with Gasteiger partial charge in [0.05, 0.1) is 11.6 Å². The van der Waals surface area contributed by atoms with Gasteiger partial charge in [-0.2, -0.15) is 0 Å². The van der Waals surface area contributed by atoms with Crippen molar-refractivity contribution in [1.29, 1.82) is 0 Å². The predicted molar refractivity (Wildman–Crippen MR) is 149 cm³/mol. The second-order valence-corrected chi connectivity index (χ2v) is 11.8. The first-order chi connectivity index (χ1) is 16.1. The standard InChI is InChI=1S/C28H38BrNO2S.ClH/c1-3-5-17-28(18-6-4-2)32-26-16-12-22(19-27(26)33-28)25-15-14-23(30(25)20-31)13-11-21-9-7-8-10-24(21)29;/h7-10,12,16,19,23,25,31H,3-6,11,13-15,17-18,20H2,1-2H3;1H. The third-order valence-corrected chi connectivity index (χ3v) is 9.45. The zero-order valence-corrected chi connectivity index (χ0v) is 23.7. The molecule has 0 radical (unpaired) electrons. The molecule has 1 fully saturated rings. The Morgan fingerprint density at radius 3 is 2.50 bits per heavy atom. The lowest BCUT2D eigenvalue weighted by Crippen LogP contribution is -2.32. The number of aryl methyl sites for hydroxylation is 1. The van der Waals surface area contributed by atoms with Crippen LogP contribution in [0.1, 0.15) is 88.8 Å². The van der Waals surface area contributed by atoms with E-state index in [1.807, 2.05) is 11.8 Å². The van der Waals surface area contributed by atoms with Crippen LogP contribution in [-0.2, 0) is 6.42 Å². The minimum Gasteiger partial charge on any atom is -0.475 e. The fraction of sp³-hybridized carbons (Fsp3) is 0.571. The fourth-order valence-electron chi connectivity index (χ4n) is 5.38. The lowest BCUT2D eigenvalue weighted by Gasteiger charge is -2.28. The number of nitrogens with zero attached hydrogens (tertiary/aromatic N) is 1. The van der Waals surface area contributed by atoms with Crippen molar-refractivity contribution in [2.75, 3.05) is 6.73 Å². The average molecular weight is 569 g/mol. The van der Waals surface area contributed by atoms with E-state index in [0.717, 1.165) is 44.3 Å². The number of rotatable bonds is 11. The molecular formula is C28H39BrClNO2S. The summed E-state index contributed by atoms with van der Waals surface area (Å²) in [4.78, 5) is 3.50. The van der Waals surface area contributed by atoms with Crippen LogP contribution in [0.5, 0.6) is 5.75 Å². The number of fused-ring (bicyclic) bond motifs is 1. The molecule has 6 heteroatoms. The summed E-state index contributed by atoms with van der Waals surface area (Å²) in [7, 11) is 0. The van der Waals surface area contributed by atoms with Gasteiger partial charge in [-0.25, -0.2) is 0 Å². The Morgan fingerprint density at radius 1 is 1.09 bits per heavy atom. The molecule has 2 heterocycles. The lowest BCUT2D eigenvalue weighted by molar-refractivity contribution is 0.0595. The molecule has 1 saturated heterocycles. The van der Waals surface area contributed by atoms with Crippen molar-refractivity contribution in [2.45, 2.75) is 100.0 Å². The van der Waals surface area contributed by atoms with Crippen molar-refractivity contribution in [1.82, 2.24) is 4.90 Å². The van der Waals surface area contributed by atoms with Crippen LogP contribution in [0.25, 0.3) is 0 Å². The normalized spacial score (nSPS) is 21.2. The monoisotopic (exact) mass is 567 g/mol. The van der Waals surface area contributed by atoms with E-state index in [1.54, 1.807) is 0 Å². The Balaban J connectivity index is 0.00000324. The number of hydrogen-bond acceptors (Lipinski definition) is 4. The van der Waals surface area contributed by atoms with Gasteiger partial charge in [-0.3, -0.25) is 4.90 Å². The summed E-state index contributed by atoms with van der Waals surface area (Å²) >= 11 is 5.63. The fourth-order valence-corrected chi connectivity index (χ4v) is 7.29. The molecule has 2 aromatic rings. The zero-order chi connectivity index (χ0) is 23.3. The Kier molecular flexibility index (Phi) is 10.7. The van der Waals surface area contributed by atoms with Gasteiger partial charge in [0, 0.05) is 16.6 Å². The maximum atomic E-state index is 10.3. The predicted octanol–water partition coefficient (Wildman–Crippen LogP) is 8.52. The first kappa shape index (κ1) is 27.9. The highest BCUT2D eigenvalue weighted by molar-refractivity contribution is 9.10. The molecule has 3 nitrogen and oxygen atoms in total. The maximum Gasteiger partial charge on any atom is 0.159 e. The molecule has 4 rings (SSSR count). The zero-order valence-electron chi connectivity index (χ0n) is 20.5. The molecule has 0 amide bonds. The Bertz CT molecular complexity index is 919. The number of benzene rings is 2. The van der Waals surface area contributed by atoms with Crippen LogP contribution < -0.4 is 4.74 Å². The summed E-state index contributed by atoms with van der Waals surface area (Å²) in [5.74, 6) is 1.05.